The molecular formula is C12H13FN2O4. The smallest absolute Gasteiger partial charge is 0.338 e. The van der Waals surface area contributed by atoms with Crippen molar-refractivity contribution in [3.8, 4) is 0 Å². The quantitative estimate of drug-likeness (QED) is 0.774. The van der Waals surface area contributed by atoms with Gasteiger partial charge < -0.3 is 20.5 Å². The van der Waals surface area contributed by atoms with Crippen LogP contribution in [0.5, 0.6) is 0 Å². The molecule has 1 aliphatic heterocycles. The van der Waals surface area contributed by atoms with Gasteiger partial charge in [0.15, 0.2) is 0 Å². The van der Waals surface area contributed by atoms with Gasteiger partial charge in [0.05, 0.1) is 18.2 Å². The molecule has 2 amide bonds. The van der Waals surface area contributed by atoms with Crippen molar-refractivity contribution in [2.24, 2.45) is 0 Å². The first-order valence-corrected chi connectivity index (χ1v) is 5.74. The van der Waals surface area contributed by atoms with Gasteiger partial charge in [0, 0.05) is 12.3 Å². The maximum Gasteiger partial charge on any atom is 0.338 e. The molecule has 0 aliphatic carbocycles. The Morgan fingerprint density at radius 3 is 2.79 bits per heavy atom. The average molecular weight is 268 g/mol. The zero-order chi connectivity index (χ0) is 13.8. The molecule has 1 aromatic rings. The van der Waals surface area contributed by atoms with Gasteiger partial charge >= 0.3 is 12.0 Å². The molecule has 1 aromatic carbocycles. The van der Waals surface area contributed by atoms with Crippen LogP contribution in [0.15, 0.2) is 18.2 Å². The SMILES string of the molecule is O=C(Nc1ccc(C(=O)O)c(F)c1)NC1CCOC1. The van der Waals surface area contributed by atoms with E-state index < -0.39 is 23.4 Å². The van der Waals surface area contributed by atoms with Crippen LogP contribution in [0.2, 0.25) is 0 Å². The number of halogens is 1. The van der Waals surface area contributed by atoms with Crippen LogP contribution in [0, 0.1) is 5.82 Å². The number of ether oxygens (including phenoxy) is 1. The Balaban J connectivity index is 1.96. The summed E-state index contributed by atoms with van der Waals surface area (Å²) in [6.45, 7) is 1.06. The third-order valence-electron chi connectivity index (χ3n) is 2.72. The van der Waals surface area contributed by atoms with E-state index in [1.54, 1.807) is 0 Å². The number of carbonyl (C=O) groups is 2. The van der Waals surface area contributed by atoms with Crippen LogP contribution in [0.1, 0.15) is 16.8 Å². The summed E-state index contributed by atoms with van der Waals surface area (Å²) in [6.07, 6.45) is 0.736. The van der Waals surface area contributed by atoms with E-state index in [0.717, 1.165) is 18.6 Å². The third-order valence-corrected chi connectivity index (χ3v) is 2.72. The van der Waals surface area contributed by atoms with E-state index in [9.17, 15) is 14.0 Å². The number of nitrogens with one attached hydrogen (secondary N) is 2. The van der Waals surface area contributed by atoms with Crippen LogP contribution in [-0.4, -0.2) is 36.4 Å². The Kier molecular flexibility index (Phi) is 3.96. The number of hydrogen-bond donors (Lipinski definition) is 3. The number of carboxylic acids is 1. The van der Waals surface area contributed by atoms with Gasteiger partial charge in [0.1, 0.15) is 5.82 Å². The Morgan fingerprint density at radius 2 is 2.21 bits per heavy atom. The molecular weight excluding hydrogens is 255 g/mol. The fourth-order valence-corrected chi connectivity index (χ4v) is 1.77. The number of urea groups is 1. The number of amides is 2. The van der Waals surface area contributed by atoms with Gasteiger partial charge in [0.25, 0.3) is 0 Å². The van der Waals surface area contributed by atoms with Crippen molar-refractivity contribution in [2.45, 2.75) is 12.5 Å². The van der Waals surface area contributed by atoms with Crippen molar-refractivity contribution < 1.29 is 23.8 Å². The van der Waals surface area contributed by atoms with Crippen LogP contribution >= 0.6 is 0 Å². The summed E-state index contributed by atoms with van der Waals surface area (Å²) in [4.78, 5) is 22.2. The lowest BCUT2D eigenvalue weighted by atomic mass is 10.2. The zero-order valence-corrected chi connectivity index (χ0v) is 9.98. The van der Waals surface area contributed by atoms with Crippen molar-refractivity contribution in [2.75, 3.05) is 18.5 Å². The van der Waals surface area contributed by atoms with Gasteiger partial charge in [-0.2, -0.15) is 0 Å². The molecule has 1 fully saturated rings. The van der Waals surface area contributed by atoms with Crippen molar-refractivity contribution in [1.29, 1.82) is 0 Å². The van der Waals surface area contributed by atoms with Crippen LogP contribution in [-0.2, 0) is 4.74 Å². The van der Waals surface area contributed by atoms with E-state index in [1.807, 2.05) is 0 Å². The Morgan fingerprint density at radius 1 is 1.42 bits per heavy atom. The second kappa shape index (κ2) is 5.66. The predicted octanol–water partition coefficient (Wildman–Crippen LogP) is 1.43. The molecule has 19 heavy (non-hydrogen) atoms. The van der Waals surface area contributed by atoms with E-state index in [0.29, 0.717) is 13.2 Å². The van der Waals surface area contributed by atoms with Crippen molar-refractivity contribution in [1.82, 2.24) is 5.32 Å². The molecule has 0 bridgehead atoms. The highest BCUT2D eigenvalue weighted by molar-refractivity contribution is 5.91. The van der Waals surface area contributed by atoms with Crippen molar-refractivity contribution >= 4 is 17.7 Å². The number of carbonyl (C=O) groups excluding carboxylic acids is 1. The number of anilines is 1. The Hall–Kier alpha value is -2.15. The van der Waals surface area contributed by atoms with E-state index in [2.05, 4.69) is 10.6 Å². The lowest BCUT2D eigenvalue weighted by Crippen LogP contribution is -2.38. The monoisotopic (exact) mass is 268 g/mol. The molecule has 1 atom stereocenters. The van der Waals surface area contributed by atoms with Crippen molar-refractivity contribution in [3.63, 3.8) is 0 Å². The van der Waals surface area contributed by atoms with Gasteiger partial charge in [0.2, 0.25) is 0 Å². The van der Waals surface area contributed by atoms with Gasteiger partial charge in [-0.25, -0.2) is 14.0 Å². The summed E-state index contributed by atoms with van der Waals surface area (Å²) in [5, 5.41) is 13.8. The molecule has 2 rings (SSSR count). The fraction of sp³-hybridized carbons (Fsp3) is 0.333. The van der Waals surface area contributed by atoms with Gasteiger partial charge in [-0.05, 0) is 24.6 Å². The third kappa shape index (κ3) is 3.41. The molecule has 1 saturated heterocycles. The van der Waals surface area contributed by atoms with E-state index in [4.69, 9.17) is 9.84 Å². The summed E-state index contributed by atoms with van der Waals surface area (Å²) in [5.41, 5.74) is -0.242. The topological polar surface area (TPSA) is 87.7 Å². The second-order valence-electron chi connectivity index (χ2n) is 4.16. The minimum Gasteiger partial charge on any atom is -0.478 e. The molecule has 1 aliphatic rings. The van der Waals surface area contributed by atoms with Gasteiger partial charge in [-0.1, -0.05) is 0 Å². The Labute approximate surface area is 108 Å². The maximum absolute atomic E-state index is 13.4. The van der Waals surface area contributed by atoms with E-state index >= 15 is 0 Å². The summed E-state index contributed by atoms with van der Waals surface area (Å²) < 4.78 is 18.5. The highest BCUT2D eigenvalue weighted by Crippen LogP contribution is 2.14. The van der Waals surface area contributed by atoms with Crippen LogP contribution in [0.25, 0.3) is 0 Å². The number of benzene rings is 1. The van der Waals surface area contributed by atoms with Crippen LogP contribution in [0.3, 0.4) is 0 Å². The predicted molar refractivity (Wildman–Crippen MR) is 64.7 cm³/mol. The maximum atomic E-state index is 13.4. The molecule has 0 aromatic heterocycles. The zero-order valence-electron chi connectivity index (χ0n) is 9.98. The molecule has 7 heteroatoms. The summed E-state index contributed by atoms with van der Waals surface area (Å²) >= 11 is 0. The lowest BCUT2D eigenvalue weighted by Gasteiger charge is -2.12. The molecule has 0 radical (unpaired) electrons. The minimum atomic E-state index is -1.35. The minimum absolute atomic E-state index is 0.0526. The number of carboxylic acid groups (broad SMARTS) is 1. The van der Waals surface area contributed by atoms with Gasteiger partial charge in [-0.3, -0.25) is 0 Å². The Bertz CT molecular complexity index is 501. The molecule has 0 spiro atoms. The molecule has 1 heterocycles. The van der Waals surface area contributed by atoms with Crippen molar-refractivity contribution in [3.05, 3.63) is 29.6 Å². The first-order valence-electron chi connectivity index (χ1n) is 5.74. The summed E-state index contributed by atoms with van der Waals surface area (Å²) in [7, 11) is 0. The van der Waals surface area contributed by atoms with Crippen LogP contribution < -0.4 is 10.6 Å². The molecule has 6 nitrogen and oxygen atoms in total. The first kappa shape index (κ1) is 13.3. The van der Waals surface area contributed by atoms with Crippen LogP contribution in [0.4, 0.5) is 14.9 Å². The standard InChI is InChI=1S/C12H13FN2O4/c13-10-5-7(1-2-9(10)11(16)17)14-12(18)15-8-3-4-19-6-8/h1-2,5,8H,3-4,6H2,(H,16,17)(H2,14,15,18). The molecule has 1 unspecified atom stereocenters. The highest BCUT2D eigenvalue weighted by Gasteiger charge is 2.18. The number of aromatic carboxylic acids is 1. The normalized spacial score (nSPS) is 18.1. The number of hydrogen-bond acceptors (Lipinski definition) is 3. The number of rotatable bonds is 3. The summed E-state index contributed by atoms with van der Waals surface area (Å²) in [5.74, 6) is -2.24. The fourth-order valence-electron chi connectivity index (χ4n) is 1.77. The largest absolute Gasteiger partial charge is 0.478 e. The second-order valence-corrected chi connectivity index (χ2v) is 4.16. The molecule has 0 saturated carbocycles. The van der Waals surface area contributed by atoms with E-state index in [1.165, 1.54) is 6.07 Å². The summed E-state index contributed by atoms with van der Waals surface area (Å²) in [6, 6.07) is 2.87. The molecule has 3 N–H and O–H groups in total. The average Bonchev–Trinajstić information content (AvgIpc) is 2.81. The molecule has 102 valence electrons. The first-order chi connectivity index (χ1) is 9.06. The van der Waals surface area contributed by atoms with E-state index in [-0.39, 0.29) is 11.7 Å². The highest BCUT2D eigenvalue weighted by atomic mass is 19.1. The van der Waals surface area contributed by atoms with Gasteiger partial charge in [-0.15, -0.1) is 0 Å². The lowest BCUT2D eigenvalue weighted by molar-refractivity contribution is 0.0692.